The van der Waals surface area contributed by atoms with Gasteiger partial charge in [-0.05, 0) is 67.1 Å². The SMILES string of the molecule is Cc1ccc(Cl)cc1NC(=O)c1ccc(NC2=C(Cl)C(=O)N(c3cc(Cl)cc(Cl)c3)C2=O)cc1. The van der Waals surface area contributed by atoms with Crippen molar-refractivity contribution in [1.82, 2.24) is 0 Å². The van der Waals surface area contributed by atoms with Crippen molar-refractivity contribution in [2.75, 3.05) is 15.5 Å². The van der Waals surface area contributed by atoms with Gasteiger partial charge in [0.25, 0.3) is 17.7 Å². The molecule has 6 nitrogen and oxygen atoms in total. The predicted octanol–water partition coefficient (Wildman–Crippen LogP) is 6.64. The molecule has 0 aromatic heterocycles. The highest BCUT2D eigenvalue weighted by Crippen LogP contribution is 2.33. The number of benzene rings is 3. The van der Waals surface area contributed by atoms with Gasteiger partial charge in [0.05, 0.1) is 5.69 Å². The van der Waals surface area contributed by atoms with Crippen LogP contribution in [0.2, 0.25) is 15.1 Å². The van der Waals surface area contributed by atoms with Crippen molar-refractivity contribution >= 4 is 81.2 Å². The van der Waals surface area contributed by atoms with Crippen LogP contribution in [0.4, 0.5) is 17.1 Å². The average Bonchev–Trinajstić information content (AvgIpc) is 2.99. The molecule has 0 saturated heterocycles. The number of hydrogen-bond donors (Lipinski definition) is 2. The van der Waals surface area contributed by atoms with E-state index in [2.05, 4.69) is 10.6 Å². The third-order valence-electron chi connectivity index (χ3n) is 5.00. The average molecular weight is 535 g/mol. The smallest absolute Gasteiger partial charge is 0.283 e. The first-order valence-corrected chi connectivity index (χ1v) is 11.3. The van der Waals surface area contributed by atoms with Crippen LogP contribution in [0.15, 0.2) is 71.4 Å². The van der Waals surface area contributed by atoms with Crippen molar-refractivity contribution in [3.05, 3.63) is 97.6 Å². The van der Waals surface area contributed by atoms with E-state index in [0.717, 1.165) is 10.5 Å². The summed E-state index contributed by atoms with van der Waals surface area (Å²) < 4.78 is 0. The Hall–Kier alpha value is -3.03. The van der Waals surface area contributed by atoms with Crippen LogP contribution in [0.5, 0.6) is 0 Å². The van der Waals surface area contributed by atoms with Gasteiger partial charge in [-0.2, -0.15) is 0 Å². The topological polar surface area (TPSA) is 78.5 Å². The molecule has 1 aliphatic heterocycles. The summed E-state index contributed by atoms with van der Waals surface area (Å²) in [6.45, 7) is 1.86. The van der Waals surface area contributed by atoms with Gasteiger partial charge in [0.1, 0.15) is 10.7 Å². The molecule has 0 radical (unpaired) electrons. The zero-order valence-electron chi connectivity index (χ0n) is 17.5. The van der Waals surface area contributed by atoms with Crippen molar-refractivity contribution in [1.29, 1.82) is 0 Å². The van der Waals surface area contributed by atoms with Gasteiger partial charge in [0.2, 0.25) is 0 Å². The van der Waals surface area contributed by atoms with Crippen LogP contribution < -0.4 is 15.5 Å². The molecule has 0 aliphatic carbocycles. The maximum Gasteiger partial charge on any atom is 0.283 e. The van der Waals surface area contributed by atoms with Crippen molar-refractivity contribution in [3.8, 4) is 0 Å². The molecular formula is C24H15Cl4N3O3. The molecule has 0 bridgehead atoms. The van der Waals surface area contributed by atoms with Gasteiger partial charge in [-0.15, -0.1) is 0 Å². The van der Waals surface area contributed by atoms with Crippen LogP contribution in [0.1, 0.15) is 15.9 Å². The minimum absolute atomic E-state index is 0.102. The van der Waals surface area contributed by atoms with Gasteiger partial charge in [-0.1, -0.05) is 52.5 Å². The molecule has 34 heavy (non-hydrogen) atoms. The fourth-order valence-electron chi connectivity index (χ4n) is 3.29. The van der Waals surface area contributed by atoms with Crippen LogP contribution in [0.25, 0.3) is 0 Å². The second-order valence-corrected chi connectivity index (χ2v) is 9.07. The highest BCUT2D eigenvalue weighted by molar-refractivity contribution is 6.53. The highest BCUT2D eigenvalue weighted by Gasteiger charge is 2.39. The molecule has 3 aromatic rings. The molecule has 0 spiro atoms. The Morgan fingerprint density at radius 2 is 1.44 bits per heavy atom. The van der Waals surface area contributed by atoms with Crippen molar-refractivity contribution in [2.45, 2.75) is 6.92 Å². The number of rotatable bonds is 5. The summed E-state index contributed by atoms with van der Waals surface area (Å²) in [7, 11) is 0. The van der Waals surface area contributed by atoms with Crippen molar-refractivity contribution in [2.24, 2.45) is 0 Å². The summed E-state index contributed by atoms with van der Waals surface area (Å²) in [6.07, 6.45) is 0. The van der Waals surface area contributed by atoms with E-state index in [-0.39, 0.29) is 32.4 Å². The number of anilines is 3. The zero-order valence-corrected chi connectivity index (χ0v) is 20.5. The third-order valence-corrected chi connectivity index (χ3v) is 6.02. The normalized spacial score (nSPS) is 13.5. The molecule has 2 N–H and O–H groups in total. The number of aryl methyl sites for hydroxylation is 1. The Morgan fingerprint density at radius 3 is 2.09 bits per heavy atom. The van der Waals surface area contributed by atoms with E-state index < -0.39 is 11.8 Å². The first kappa shape index (κ1) is 24.1. The lowest BCUT2D eigenvalue weighted by atomic mass is 10.1. The molecule has 172 valence electrons. The number of carbonyl (C=O) groups is 3. The Morgan fingerprint density at radius 1 is 0.794 bits per heavy atom. The molecule has 4 rings (SSSR count). The van der Waals surface area contributed by atoms with Gasteiger partial charge in [-0.3, -0.25) is 14.4 Å². The zero-order chi connectivity index (χ0) is 24.6. The summed E-state index contributed by atoms with van der Waals surface area (Å²) in [4.78, 5) is 39.1. The second kappa shape index (κ2) is 9.68. The van der Waals surface area contributed by atoms with Gasteiger partial charge in [0, 0.05) is 32.0 Å². The van der Waals surface area contributed by atoms with Gasteiger partial charge in [-0.25, -0.2) is 4.90 Å². The van der Waals surface area contributed by atoms with E-state index in [1.54, 1.807) is 36.4 Å². The van der Waals surface area contributed by atoms with Crippen LogP contribution in [-0.2, 0) is 9.59 Å². The number of imide groups is 1. The third kappa shape index (κ3) is 4.91. The van der Waals surface area contributed by atoms with Crippen LogP contribution in [-0.4, -0.2) is 17.7 Å². The Balaban J connectivity index is 1.50. The largest absolute Gasteiger partial charge is 0.350 e. The second-order valence-electron chi connectivity index (χ2n) is 7.38. The molecule has 1 heterocycles. The molecule has 10 heteroatoms. The summed E-state index contributed by atoms with van der Waals surface area (Å²) in [5, 5.41) is 6.43. The Labute approximate surface area is 215 Å². The number of amides is 3. The number of halogens is 4. The summed E-state index contributed by atoms with van der Waals surface area (Å²) in [6, 6.07) is 15.9. The number of nitrogens with zero attached hydrogens (tertiary/aromatic N) is 1. The van der Waals surface area contributed by atoms with Crippen molar-refractivity contribution in [3.63, 3.8) is 0 Å². The molecule has 3 amide bonds. The van der Waals surface area contributed by atoms with E-state index in [4.69, 9.17) is 46.4 Å². The lowest BCUT2D eigenvalue weighted by molar-refractivity contribution is -0.120. The molecule has 0 atom stereocenters. The fraction of sp³-hybridized carbons (Fsp3) is 0.0417. The summed E-state index contributed by atoms with van der Waals surface area (Å²) >= 11 is 24.2. The summed E-state index contributed by atoms with van der Waals surface area (Å²) in [5.74, 6) is -1.70. The van der Waals surface area contributed by atoms with Gasteiger partial charge >= 0.3 is 0 Å². The highest BCUT2D eigenvalue weighted by atomic mass is 35.5. The standard InChI is InChI=1S/C24H15Cl4N3O3/c1-12-2-5-14(25)11-19(12)30-22(32)13-3-6-17(7-4-13)29-21-20(28)23(33)31(24(21)34)18-9-15(26)8-16(27)10-18/h2-11,29H,1H3,(H,30,32). The molecular weight excluding hydrogens is 520 g/mol. The predicted molar refractivity (Wildman–Crippen MR) is 136 cm³/mol. The Kier molecular flexibility index (Phi) is 6.86. The van der Waals surface area contributed by atoms with E-state index in [1.165, 1.54) is 18.2 Å². The number of carbonyl (C=O) groups excluding carboxylic acids is 3. The van der Waals surface area contributed by atoms with E-state index in [0.29, 0.717) is 22.0 Å². The molecule has 0 unspecified atom stereocenters. The van der Waals surface area contributed by atoms with Crippen LogP contribution in [0, 0.1) is 6.92 Å². The van der Waals surface area contributed by atoms with Crippen molar-refractivity contribution < 1.29 is 14.4 Å². The van der Waals surface area contributed by atoms with E-state index in [1.807, 2.05) is 13.0 Å². The number of hydrogen-bond acceptors (Lipinski definition) is 4. The van der Waals surface area contributed by atoms with E-state index >= 15 is 0 Å². The molecule has 3 aromatic carbocycles. The lowest BCUT2D eigenvalue weighted by Crippen LogP contribution is -2.32. The fourth-order valence-corrected chi connectivity index (χ4v) is 4.19. The minimum atomic E-state index is -0.708. The van der Waals surface area contributed by atoms with Gasteiger partial charge < -0.3 is 10.6 Å². The lowest BCUT2D eigenvalue weighted by Gasteiger charge is -2.16. The first-order valence-electron chi connectivity index (χ1n) is 9.83. The van der Waals surface area contributed by atoms with Crippen LogP contribution >= 0.6 is 46.4 Å². The first-order chi connectivity index (χ1) is 16.1. The van der Waals surface area contributed by atoms with Gasteiger partial charge in [0.15, 0.2) is 0 Å². The molecule has 0 fully saturated rings. The maximum absolute atomic E-state index is 12.9. The molecule has 1 aliphatic rings. The minimum Gasteiger partial charge on any atom is -0.350 e. The van der Waals surface area contributed by atoms with Crippen LogP contribution in [0.3, 0.4) is 0 Å². The number of nitrogens with one attached hydrogen (secondary N) is 2. The quantitative estimate of drug-likeness (QED) is 0.359. The Bertz CT molecular complexity index is 1350. The van der Waals surface area contributed by atoms with E-state index in [9.17, 15) is 14.4 Å². The maximum atomic E-state index is 12.9. The monoisotopic (exact) mass is 533 g/mol. The summed E-state index contributed by atoms with van der Waals surface area (Å²) in [5.41, 5.74) is 2.41. The molecule has 0 saturated carbocycles.